The maximum atomic E-state index is 10.5. The van der Waals surface area contributed by atoms with Crippen molar-refractivity contribution in [2.75, 3.05) is 7.11 Å². The molecule has 5 nitrogen and oxygen atoms in total. The van der Waals surface area contributed by atoms with Crippen LogP contribution >= 0.6 is 0 Å². The largest absolute Gasteiger partial charge is 0.487 e. The summed E-state index contributed by atoms with van der Waals surface area (Å²) in [5.74, 6) is 0.198. The number of aromatic nitrogens is 1. The standard InChI is InChI=1S/C16H15NO4/c1-20-15-7-3-5-13(17-15)11-21-14-6-2-4-12(10-14)8-9-16(18)19/h2-10H,11H2,1H3,(H,18,19). The highest BCUT2D eigenvalue weighted by Gasteiger charge is 2.00. The molecule has 2 rings (SSSR count). The van der Waals surface area contributed by atoms with Gasteiger partial charge in [0, 0.05) is 12.1 Å². The number of carbonyl (C=O) groups is 1. The van der Waals surface area contributed by atoms with Crippen molar-refractivity contribution in [2.24, 2.45) is 0 Å². The first-order valence-corrected chi connectivity index (χ1v) is 6.31. The molecule has 0 bridgehead atoms. The molecule has 0 saturated carbocycles. The first-order chi connectivity index (χ1) is 10.2. The zero-order chi connectivity index (χ0) is 15.1. The predicted octanol–water partition coefficient (Wildman–Crippen LogP) is 2.77. The van der Waals surface area contributed by atoms with Crippen LogP contribution in [-0.4, -0.2) is 23.2 Å². The fourth-order valence-corrected chi connectivity index (χ4v) is 1.68. The number of methoxy groups -OCH3 is 1. The molecule has 0 amide bonds. The molecule has 0 saturated heterocycles. The molecule has 1 heterocycles. The molecule has 21 heavy (non-hydrogen) atoms. The summed E-state index contributed by atoms with van der Waals surface area (Å²) < 4.78 is 10.7. The lowest BCUT2D eigenvalue weighted by atomic mass is 10.2. The second kappa shape index (κ2) is 7.09. The van der Waals surface area contributed by atoms with Gasteiger partial charge in [-0.2, -0.15) is 0 Å². The number of rotatable bonds is 6. The van der Waals surface area contributed by atoms with E-state index in [-0.39, 0.29) is 0 Å². The Kier molecular flexibility index (Phi) is 4.93. The Labute approximate surface area is 122 Å². The molecule has 0 fully saturated rings. The van der Waals surface area contributed by atoms with E-state index in [2.05, 4.69) is 4.98 Å². The minimum Gasteiger partial charge on any atom is -0.487 e. The maximum Gasteiger partial charge on any atom is 0.328 e. The summed E-state index contributed by atoms with van der Waals surface area (Å²) in [5.41, 5.74) is 1.51. The zero-order valence-electron chi connectivity index (χ0n) is 11.5. The number of nitrogens with zero attached hydrogens (tertiary/aromatic N) is 1. The van der Waals surface area contributed by atoms with Gasteiger partial charge in [0.25, 0.3) is 0 Å². The van der Waals surface area contributed by atoms with Gasteiger partial charge in [-0.05, 0) is 29.8 Å². The molecule has 0 unspecified atom stereocenters. The van der Waals surface area contributed by atoms with Gasteiger partial charge >= 0.3 is 5.97 Å². The van der Waals surface area contributed by atoms with Gasteiger partial charge in [-0.1, -0.05) is 18.2 Å². The fraction of sp³-hybridized carbons (Fsp3) is 0.125. The molecule has 5 heteroatoms. The first kappa shape index (κ1) is 14.6. The third-order valence-electron chi connectivity index (χ3n) is 2.65. The van der Waals surface area contributed by atoms with E-state index in [1.54, 1.807) is 37.4 Å². The van der Waals surface area contributed by atoms with Gasteiger partial charge in [-0.15, -0.1) is 0 Å². The van der Waals surface area contributed by atoms with Crippen molar-refractivity contribution in [1.82, 2.24) is 4.98 Å². The highest BCUT2D eigenvalue weighted by Crippen LogP contribution is 2.16. The maximum absolute atomic E-state index is 10.5. The van der Waals surface area contributed by atoms with Gasteiger partial charge in [-0.3, -0.25) is 0 Å². The van der Waals surface area contributed by atoms with Crippen molar-refractivity contribution >= 4 is 12.0 Å². The van der Waals surface area contributed by atoms with Gasteiger partial charge in [-0.25, -0.2) is 9.78 Å². The monoisotopic (exact) mass is 285 g/mol. The average molecular weight is 285 g/mol. The molecule has 1 N–H and O–H groups in total. The highest BCUT2D eigenvalue weighted by atomic mass is 16.5. The van der Waals surface area contributed by atoms with Crippen molar-refractivity contribution < 1.29 is 19.4 Å². The van der Waals surface area contributed by atoms with Crippen LogP contribution < -0.4 is 9.47 Å². The minimum atomic E-state index is -0.984. The van der Waals surface area contributed by atoms with E-state index in [9.17, 15) is 4.79 Å². The summed E-state index contributed by atoms with van der Waals surface area (Å²) in [6, 6.07) is 12.6. The molecule has 0 aliphatic rings. The summed E-state index contributed by atoms with van der Waals surface area (Å²) in [6.07, 6.45) is 2.60. The summed E-state index contributed by atoms with van der Waals surface area (Å²) in [6.45, 7) is 0.309. The Morgan fingerprint density at radius 1 is 1.29 bits per heavy atom. The molecule has 0 aliphatic heterocycles. The van der Waals surface area contributed by atoms with Crippen LogP contribution in [0.15, 0.2) is 48.5 Å². The third-order valence-corrected chi connectivity index (χ3v) is 2.65. The Hall–Kier alpha value is -2.82. The van der Waals surface area contributed by atoms with Crippen LogP contribution in [0.2, 0.25) is 0 Å². The molecule has 1 aromatic heterocycles. The van der Waals surface area contributed by atoms with Crippen LogP contribution in [0.4, 0.5) is 0 Å². The van der Waals surface area contributed by atoms with Crippen molar-refractivity contribution in [3.8, 4) is 11.6 Å². The second-order valence-corrected chi connectivity index (χ2v) is 4.20. The number of ether oxygens (including phenoxy) is 2. The molecule has 0 aliphatic carbocycles. The molecule has 0 spiro atoms. The molecular weight excluding hydrogens is 270 g/mol. The molecule has 2 aromatic rings. The van der Waals surface area contributed by atoms with Crippen molar-refractivity contribution in [3.63, 3.8) is 0 Å². The lowest BCUT2D eigenvalue weighted by Gasteiger charge is -2.07. The van der Waals surface area contributed by atoms with Crippen LogP contribution in [0.1, 0.15) is 11.3 Å². The van der Waals surface area contributed by atoms with Crippen molar-refractivity contribution in [3.05, 3.63) is 59.8 Å². The van der Waals surface area contributed by atoms with E-state index in [4.69, 9.17) is 14.6 Å². The molecule has 108 valence electrons. The van der Waals surface area contributed by atoms with E-state index < -0.39 is 5.97 Å². The topological polar surface area (TPSA) is 68.7 Å². The van der Waals surface area contributed by atoms with Gasteiger partial charge in [0.15, 0.2) is 0 Å². The molecule has 1 aromatic carbocycles. The fourth-order valence-electron chi connectivity index (χ4n) is 1.68. The van der Waals surface area contributed by atoms with E-state index in [0.717, 1.165) is 17.3 Å². The van der Waals surface area contributed by atoms with E-state index in [0.29, 0.717) is 18.2 Å². The first-order valence-electron chi connectivity index (χ1n) is 6.31. The van der Waals surface area contributed by atoms with E-state index in [1.807, 2.05) is 12.1 Å². The lowest BCUT2D eigenvalue weighted by molar-refractivity contribution is -0.131. The Morgan fingerprint density at radius 2 is 2.10 bits per heavy atom. The summed E-state index contributed by atoms with van der Waals surface area (Å²) in [4.78, 5) is 14.7. The lowest BCUT2D eigenvalue weighted by Crippen LogP contribution is -1.99. The van der Waals surface area contributed by atoms with Gasteiger partial charge in [0.1, 0.15) is 12.4 Å². The molecule has 0 atom stereocenters. The van der Waals surface area contributed by atoms with Crippen LogP contribution in [0, 0.1) is 0 Å². The number of carboxylic acid groups (broad SMARTS) is 1. The average Bonchev–Trinajstić information content (AvgIpc) is 2.51. The summed E-state index contributed by atoms with van der Waals surface area (Å²) in [7, 11) is 1.56. The minimum absolute atomic E-state index is 0.309. The Bertz CT molecular complexity index is 652. The summed E-state index contributed by atoms with van der Waals surface area (Å²) >= 11 is 0. The van der Waals surface area contributed by atoms with E-state index >= 15 is 0 Å². The van der Waals surface area contributed by atoms with Gasteiger partial charge in [0.2, 0.25) is 5.88 Å². The van der Waals surface area contributed by atoms with Crippen LogP contribution in [-0.2, 0) is 11.4 Å². The van der Waals surface area contributed by atoms with Crippen molar-refractivity contribution in [1.29, 1.82) is 0 Å². The number of carboxylic acids is 1. The summed E-state index contributed by atoms with van der Waals surface area (Å²) in [5, 5.41) is 8.61. The predicted molar refractivity (Wildman–Crippen MR) is 78.2 cm³/mol. The quantitative estimate of drug-likeness (QED) is 0.826. The van der Waals surface area contributed by atoms with Gasteiger partial charge < -0.3 is 14.6 Å². The van der Waals surface area contributed by atoms with Gasteiger partial charge in [0.05, 0.1) is 12.8 Å². The Morgan fingerprint density at radius 3 is 2.86 bits per heavy atom. The molecule has 0 radical (unpaired) electrons. The molecular formula is C16H15NO4. The second-order valence-electron chi connectivity index (χ2n) is 4.20. The zero-order valence-corrected chi connectivity index (χ0v) is 11.5. The number of hydrogen-bond acceptors (Lipinski definition) is 4. The van der Waals surface area contributed by atoms with Crippen LogP contribution in [0.25, 0.3) is 6.08 Å². The number of hydrogen-bond donors (Lipinski definition) is 1. The van der Waals surface area contributed by atoms with Crippen LogP contribution in [0.3, 0.4) is 0 Å². The normalized spacial score (nSPS) is 10.5. The SMILES string of the molecule is COc1cccc(COc2cccc(C=CC(=O)O)c2)n1. The number of benzene rings is 1. The van der Waals surface area contributed by atoms with Crippen LogP contribution in [0.5, 0.6) is 11.6 Å². The highest BCUT2D eigenvalue weighted by molar-refractivity contribution is 5.85. The van der Waals surface area contributed by atoms with Crippen molar-refractivity contribution in [2.45, 2.75) is 6.61 Å². The van der Waals surface area contributed by atoms with E-state index in [1.165, 1.54) is 6.08 Å². The smallest absolute Gasteiger partial charge is 0.328 e. The Balaban J connectivity index is 2.02. The third kappa shape index (κ3) is 4.65. The number of aliphatic carboxylic acids is 1. The number of pyridine rings is 1.